The summed E-state index contributed by atoms with van der Waals surface area (Å²) in [6.45, 7) is 3.87. The van der Waals surface area contributed by atoms with E-state index in [4.69, 9.17) is 9.47 Å². The van der Waals surface area contributed by atoms with E-state index in [0.717, 1.165) is 51.3 Å². The Morgan fingerprint density at radius 2 is 2.24 bits per heavy atom. The fraction of sp³-hybridized carbons (Fsp3) is 0.650. The molecule has 4 rings (SSSR count). The lowest BCUT2D eigenvalue weighted by atomic mass is 9.83. The molecule has 25 heavy (non-hydrogen) atoms. The monoisotopic (exact) mass is 344 g/mol. The maximum atomic E-state index is 12.1. The fourth-order valence-electron chi connectivity index (χ4n) is 4.24. The number of nitrogens with zero attached hydrogens (tertiary/aromatic N) is 1. The third-order valence-electron chi connectivity index (χ3n) is 5.75. The summed E-state index contributed by atoms with van der Waals surface area (Å²) in [4.78, 5) is 14.6. The van der Waals surface area contributed by atoms with Gasteiger partial charge < -0.3 is 14.8 Å². The van der Waals surface area contributed by atoms with Crippen LogP contribution in [0.2, 0.25) is 0 Å². The van der Waals surface area contributed by atoms with Crippen molar-refractivity contribution in [1.29, 1.82) is 0 Å². The SMILES string of the molecule is COc1cccc(CN2CC[C@H]3[C@H](CO[C@@H]3CC(=O)NC3CC3)C2)c1. The number of hydrogen-bond donors (Lipinski definition) is 1. The Hall–Kier alpha value is -1.59. The first-order chi connectivity index (χ1) is 12.2. The summed E-state index contributed by atoms with van der Waals surface area (Å²) in [5.41, 5.74) is 1.29. The van der Waals surface area contributed by atoms with E-state index in [9.17, 15) is 4.79 Å². The summed E-state index contributed by atoms with van der Waals surface area (Å²) in [5.74, 6) is 2.18. The van der Waals surface area contributed by atoms with Crippen LogP contribution in [-0.2, 0) is 16.1 Å². The van der Waals surface area contributed by atoms with Gasteiger partial charge in [0.25, 0.3) is 0 Å². The number of amides is 1. The second-order valence-corrected chi connectivity index (χ2v) is 7.72. The first kappa shape index (κ1) is 16.9. The Morgan fingerprint density at radius 1 is 1.36 bits per heavy atom. The third kappa shape index (κ3) is 4.15. The predicted octanol–water partition coefficient (Wildman–Crippen LogP) is 2.20. The molecule has 2 saturated heterocycles. The molecule has 136 valence electrons. The summed E-state index contributed by atoms with van der Waals surface area (Å²) < 4.78 is 11.3. The lowest BCUT2D eigenvalue weighted by molar-refractivity contribution is -0.123. The van der Waals surface area contributed by atoms with Crippen LogP contribution in [0.5, 0.6) is 5.75 Å². The van der Waals surface area contributed by atoms with Gasteiger partial charge in [0.1, 0.15) is 5.75 Å². The molecular formula is C20H28N2O3. The average molecular weight is 344 g/mol. The fourth-order valence-corrected chi connectivity index (χ4v) is 4.24. The molecule has 2 heterocycles. The zero-order valence-electron chi connectivity index (χ0n) is 14.9. The van der Waals surface area contributed by atoms with Crippen molar-refractivity contribution in [3.8, 4) is 5.75 Å². The first-order valence-electron chi connectivity index (χ1n) is 9.47. The van der Waals surface area contributed by atoms with Gasteiger partial charge >= 0.3 is 0 Å². The number of ether oxygens (including phenoxy) is 2. The average Bonchev–Trinajstić information content (AvgIpc) is 3.34. The van der Waals surface area contributed by atoms with E-state index in [1.165, 1.54) is 5.56 Å². The largest absolute Gasteiger partial charge is 0.497 e. The molecule has 2 aliphatic heterocycles. The molecule has 1 amide bonds. The zero-order valence-corrected chi connectivity index (χ0v) is 14.9. The molecule has 3 fully saturated rings. The molecule has 1 aromatic carbocycles. The van der Waals surface area contributed by atoms with Gasteiger partial charge in [0.05, 0.1) is 26.2 Å². The number of fused-ring (bicyclic) bond motifs is 1. The summed E-state index contributed by atoms with van der Waals surface area (Å²) >= 11 is 0. The smallest absolute Gasteiger partial charge is 0.222 e. The molecule has 3 aliphatic rings. The van der Waals surface area contributed by atoms with Crippen LogP contribution < -0.4 is 10.1 Å². The van der Waals surface area contributed by atoms with Gasteiger partial charge in [-0.1, -0.05) is 12.1 Å². The number of carbonyl (C=O) groups excluding carboxylic acids is 1. The minimum absolute atomic E-state index is 0.114. The van der Waals surface area contributed by atoms with E-state index < -0.39 is 0 Å². The standard InChI is InChI=1S/C20H28N2O3/c1-24-17-4-2-3-14(9-17)11-22-8-7-18-15(12-22)13-25-19(18)10-20(23)21-16-5-6-16/h2-4,9,15-16,18-19H,5-8,10-13H2,1H3,(H,21,23)/t15-,18-,19+/m0/s1. The van der Waals surface area contributed by atoms with E-state index in [2.05, 4.69) is 22.3 Å². The van der Waals surface area contributed by atoms with Crippen molar-refractivity contribution in [2.45, 2.75) is 44.4 Å². The number of piperidine rings is 1. The number of carbonyl (C=O) groups is 1. The van der Waals surface area contributed by atoms with Crippen molar-refractivity contribution in [2.75, 3.05) is 26.8 Å². The van der Waals surface area contributed by atoms with Gasteiger partial charge in [-0.25, -0.2) is 0 Å². The van der Waals surface area contributed by atoms with E-state index in [-0.39, 0.29) is 12.0 Å². The lowest BCUT2D eigenvalue weighted by Gasteiger charge is -2.35. The van der Waals surface area contributed by atoms with Gasteiger partial charge in [-0.2, -0.15) is 0 Å². The Morgan fingerprint density at radius 3 is 3.04 bits per heavy atom. The van der Waals surface area contributed by atoms with Crippen LogP contribution in [0.25, 0.3) is 0 Å². The van der Waals surface area contributed by atoms with Gasteiger partial charge in [0.2, 0.25) is 5.91 Å². The van der Waals surface area contributed by atoms with Gasteiger partial charge in [-0.15, -0.1) is 0 Å². The lowest BCUT2D eigenvalue weighted by Crippen LogP contribution is -2.42. The number of hydrogen-bond acceptors (Lipinski definition) is 4. The van der Waals surface area contributed by atoms with Crippen LogP contribution in [-0.4, -0.2) is 49.8 Å². The molecule has 1 aliphatic carbocycles. The molecule has 0 aromatic heterocycles. The highest BCUT2D eigenvalue weighted by Gasteiger charge is 2.41. The number of rotatable bonds is 6. The number of methoxy groups -OCH3 is 1. The van der Waals surface area contributed by atoms with Gasteiger partial charge in [-0.05, 0) is 49.4 Å². The molecule has 1 aromatic rings. The molecule has 5 nitrogen and oxygen atoms in total. The van der Waals surface area contributed by atoms with Crippen molar-refractivity contribution in [3.05, 3.63) is 29.8 Å². The Kier molecular flexibility index (Phi) is 4.95. The van der Waals surface area contributed by atoms with Crippen molar-refractivity contribution in [2.24, 2.45) is 11.8 Å². The second kappa shape index (κ2) is 7.34. The van der Waals surface area contributed by atoms with Crippen LogP contribution in [0.15, 0.2) is 24.3 Å². The molecule has 0 spiro atoms. The molecule has 0 radical (unpaired) electrons. The van der Waals surface area contributed by atoms with Gasteiger partial charge in [0, 0.05) is 25.0 Å². The molecule has 0 unspecified atom stereocenters. The van der Waals surface area contributed by atoms with Crippen LogP contribution in [0, 0.1) is 11.8 Å². The summed E-state index contributed by atoms with van der Waals surface area (Å²) in [6, 6.07) is 8.74. The Labute approximate surface area is 149 Å². The van der Waals surface area contributed by atoms with Crippen LogP contribution in [0.1, 0.15) is 31.2 Å². The maximum Gasteiger partial charge on any atom is 0.222 e. The van der Waals surface area contributed by atoms with Crippen LogP contribution in [0.4, 0.5) is 0 Å². The summed E-state index contributed by atoms with van der Waals surface area (Å²) in [7, 11) is 1.71. The molecule has 3 atom stereocenters. The third-order valence-corrected chi connectivity index (χ3v) is 5.75. The second-order valence-electron chi connectivity index (χ2n) is 7.72. The Balaban J connectivity index is 1.29. The normalized spacial score (nSPS) is 29.2. The highest BCUT2D eigenvalue weighted by Crippen LogP contribution is 2.36. The predicted molar refractivity (Wildman–Crippen MR) is 95.4 cm³/mol. The number of likely N-dealkylation sites (tertiary alicyclic amines) is 1. The highest BCUT2D eigenvalue weighted by atomic mass is 16.5. The van der Waals surface area contributed by atoms with Crippen LogP contribution >= 0.6 is 0 Å². The highest BCUT2D eigenvalue weighted by molar-refractivity contribution is 5.77. The molecule has 5 heteroatoms. The quantitative estimate of drug-likeness (QED) is 0.860. The van der Waals surface area contributed by atoms with E-state index in [0.29, 0.717) is 24.3 Å². The molecular weight excluding hydrogens is 316 g/mol. The van der Waals surface area contributed by atoms with E-state index in [1.54, 1.807) is 7.11 Å². The number of benzene rings is 1. The summed E-state index contributed by atoms with van der Waals surface area (Å²) in [6.07, 6.45) is 4.05. The zero-order chi connectivity index (χ0) is 17.2. The van der Waals surface area contributed by atoms with Gasteiger partial charge in [0.15, 0.2) is 0 Å². The van der Waals surface area contributed by atoms with Crippen molar-refractivity contribution in [3.63, 3.8) is 0 Å². The number of nitrogens with one attached hydrogen (secondary N) is 1. The van der Waals surface area contributed by atoms with Crippen molar-refractivity contribution >= 4 is 5.91 Å². The van der Waals surface area contributed by atoms with Gasteiger partial charge in [-0.3, -0.25) is 9.69 Å². The minimum Gasteiger partial charge on any atom is -0.497 e. The topological polar surface area (TPSA) is 50.8 Å². The first-order valence-corrected chi connectivity index (χ1v) is 9.47. The minimum atomic E-state index is 0.114. The molecule has 0 bridgehead atoms. The van der Waals surface area contributed by atoms with Crippen molar-refractivity contribution in [1.82, 2.24) is 10.2 Å². The van der Waals surface area contributed by atoms with E-state index in [1.807, 2.05) is 12.1 Å². The van der Waals surface area contributed by atoms with E-state index >= 15 is 0 Å². The van der Waals surface area contributed by atoms with Crippen LogP contribution in [0.3, 0.4) is 0 Å². The molecule has 1 saturated carbocycles. The van der Waals surface area contributed by atoms with Crippen molar-refractivity contribution < 1.29 is 14.3 Å². The Bertz CT molecular complexity index is 617. The maximum absolute atomic E-state index is 12.1. The molecule has 1 N–H and O–H groups in total. The summed E-state index contributed by atoms with van der Waals surface area (Å²) in [5, 5.41) is 3.09.